The highest BCUT2D eigenvalue weighted by molar-refractivity contribution is 9.10. The van der Waals surface area contributed by atoms with Crippen molar-refractivity contribution in [3.63, 3.8) is 0 Å². The van der Waals surface area contributed by atoms with E-state index in [1.54, 1.807) is 30.3 Å². The summed E-state index contributed by atoms with van der Waals surface area (Å²) < 4.78 is 6.60. The number of carbonyl (C=O) groups is 3. The maximum Gasteiger partial charge on any atom is 0.276 e. The first kappa shape index (κ1) is 25.4. The molecule has 0 aromatic heterocycles. The van der Waals surface area contributed by atoms with Crippen LogP contribution in [0.15, 0.2) is 46.9 Å². The van der Waals surface area contributed by atoms with Crippen molar-refractivity contribution in [2.75, 3.05) is 11.9 Å². The normalized spacial score (nSPS) is 11.1. The van der Waals surface area contributed by atoms with Gasteiger partial charge in [0.1, 0.15) is 5.75 Å². The zero-order chi connectivity index (χ0) is 23.9. The number of hydrogen-bond acceptors (Lipinski definition) is 4. The summed E-state index contributed by atoms with van der Waals surface area (Å²) in [4.78, 5) is 36.2. The first-order valence-electron chi connectivity index (χ1n) is 10.4. The number of anilines is 1. The number of hydrazine groups is 1. The molecule has 7 nitrogen and oxygen atoms in total. The molecule has 3 amide bonds. The Balaban J connectivity index is 1.86. The highest BCUT2D eigenvalue weighted by Crippen LogP contribution is 2.33. The molecule has 0 aliphatic carbocycles. The summed E-state index contributed by atoms with van der Waals surface area (Å²) in [5.74, 6) is -0.172. The smallest absolute Gasteiger partial charge is 0.276 e. The van der Waals surface area contributed by atoms with Crippen LogP contribution >= 0.6 is 15.9 Å². The van der Waals surface area contributed by atoms with Gasteiger partial charge in [0.15, 0.2) is 6.61 Å². The van der Waals surface area contributed by atoms with Crippen molar-refractivity contribution >= 4 is 39.3 Å². The third kappa shape index (κ3) is 8.00. The minimum atomic E-state index is -0.487. The monoisotopic (exact) mass is 503 g/mol. The Morgan fingerprint density at radius 2 is 1.62 bits per heavy atom. The number of nitrogens with one attached hydrogen (secondary N) is 3. The van der Waals surface area contributed by atoms with E-state index in [2.05, 4.69) is 52.9 Å². The number of benzene rings is 2. The lowest BCUT2D eigenvalue weighted by Crippen LogP contribution is -2.43. The lowest BCUT2D eigenvalue weighted by Gasteiger charge is -2.23. The minimum absolute atomic E-state index is 0.0788. The molecule has 2 aromatic rings. The van der Waals surface area contributed by atoms with E-state index in [9.17, 15) is 14.4 Å². The molecule has 2 aromatic carbocycles. The number of rotatable bonds is 7. The fraction of sp³-hybridized carbons (Fsp3) is 0.375. The Bertz CT molecular complexity index is 966. The number of ether oxygens (including phenoxy) is 1. The highest BCUT2D eigenvalue weighted by atomic mass is 79.9. The van der Waals surface area contributed by atoms with Gasteiger partial charge in [-0.05, 0) is 53.8 Å². The molecule has 0 unspecified atom stereocenters. The molecule has 0 saturated heterocycles. The van der Waals surface area contributed by atoms with Gasteiger partial charge < -0.3 is 10.1 Å². The highest BCUT2D eigenvalue weighted by Gasteiger charge is 2.20. The fourth-order valence-corrected chi connectivity index (χ4v) is 3.24. The molecule has 0 atom stereocenters. The average molecular weight is 504 g/mol. The SMILES string of the molecule is CC(C)CC(=O)Nc1ccc(C(=O)NNC(=O)COc2ccc(Br)cc2C(C)(C)C)cc1. The molecule has 0 aliphatic rings. The Morgan fingerprint density at radius 3 is 2.22 bits per heavy atom. The molecule has 0 spiro atoms. The molecular formula is C24H30BrN3O4. The number of carbonyl (C=O) groups excluding carboxylic acids is 3. The summed E-state index contributed by atoms with van der Waals surface area (Å²) in [6.45, 7) is 9.87. The van der Waals surface area contributed by atoms with Crippen molar-refractivity contribution in [3.8, 4) is 5.75 Å². The molecule has 0 heterocycles. The summed E-state index contributed by atoms with van der Waals surface area (Å²) in [7, 11) is 0. The zero-order valence-electron chi connectivity index (χ0n) is 19.0. The van der Waals surface area contributed by atoms with Gasteiger partial charge >= 0.3 is 0 Å². The predicted octanol–water partition coefficient (Wildman–Crippen LogP) is 4.57. The quantitative estimate of drug-likeness (QED) is 0.482. The van der Waals surface area contributed by atoms with Gasteiger partial charge in [-0.15, -0.1) is 0 Å². The average Bonchev–Trinajstić information content (AvgIpc) is 2.70. The second-order valence-electron chi connectivity index (χ2n) is 8.90. The van der Waals surface area contributed by atoms with Gasteiger partial charge in [0.05, 0.1) is 0 Å². The molecule has 172 valence electrons. The van der Waals surface area contributed by atoms with Crippen molar-refractivity contribution in [2.45, 2.75) is 46.5 Å². The lowest BCUT2D eigenvalue weighted by molar-refractivity contribution is -0.123. The zero-order valence-corrected chi connectivity index (χ0v) is 20.6. The van der Waals surface area contributed by atoms with E-state index in [0.717, 1.165) is 10.0 Å². The molecule has 3 N–H and O–H groups in total. The minimum Gasteiger partial charge on any atom is -0.483 e. The van der Waals surface area contributed by atoms with Crippen LogP contribution in [0.1, 0.15) is 57.0 Å². The van der Waals surface area contributed by atoms with Crippen molar-refractivity contribution in [1.82, 2.24) is 10.9 Å². The van der Waals surface area contributed by atoms with Gasteiger partial charge in [0, 0.05) is 27.7 Å². The summed E-state index contributed by atoms with van der Waals surface area (Å²) in [5, 5.41) is 2.78. The largest absolute Gasteiger partial charge is 0.483 e. The summed E-state index contributed by atoms with van der Waals surface area (Å²) >= 11 is 3.45. The molecule has 2 rings (SSSR count). The molecule has 0 aliphatic heterocycles. The summed E-state index contributed by atoms with van der Waals surface area (Å²) in [5.41, 5.74) is 6.46. The van der Waals surface area contributed by atoms with Gasteiger partial charge in [-0.1, -0.05) is 50.5 Å². The van der Waals surface area contributed by atoms with Crippen LogP contribution < -0.4 is 20.9 Å². The van der Waals surface area contributed by atoms with Gasteiger partial charge in [-0.2, -0.15) is 0 Å². The third-order valence-electron chi connectivity index (χ3n) is 4.45. The Labute approximate surface area is 197 Å². The molecule has 0 radical (unpaired) electrons. The van der Waals surface area contributed by atoms with Crippen LogP contribution in [0.4, 0.5) is 5.69 Å². The molecular weight excluding hydrogens is 474 g/mol. The fourth-order valence-electron chi connectivity index (χ4n) is 2.88. The number of amides is 3. The van der Waals surface area contributed by atoms with Crippen LogP contribution in [0.2, 0.25) is 0 Å². The predicted molar refractivity (Wildman–Crippen MR) is 128 cm³/mol. The van der Waals surface area contributed by atoms with Crippen LogP contribution in [0.5, 0.6) is 5.75 Å². The Morgan fingerprint density at radius 1 is 0.969 bits per heavy atom. The second-order valence-corrected chi connectivity index (χ2v) is 9.82. The summed E-state index contributed by atoms with van der Waals surface area (Å²) in [6, 6.07) is 12.0. The standard InChI is InChI=1S/C24H30BrN3O4/c1-15(2)12-21(29)26-18-9-6-16(7-10-18)23(31)28-27-22(30)14-32-20-11-8-17(25)13-19(20)24(3,4)5/h6-11,13,15H,12,14H2,1-5H3,(H,26,29)(H,27,30)(H,28,31). The van der Waals surface area contributed by atoms with E-state index in [0.29, 0.717) is 23.4 Å². The number of halogens is 1. The van der Waals surface area contributed by atoms with E-state index in [1.807, 2.05) is 26.0 Å². The van der Waals surface area contributed by atoms with E-state index in [4.69, 9.17) is 4.74 Å². The number of hydrogen-bond donors (Lipinski definition) is 3. The molecule has 8 heteroatoms. The van der Waals surface area contributed by atoms with Gasteiger partial charge in [-0.25, -0.2) is 0 Å². The van der Waals surface area contributed by atoms with Crippen LogP contribution in [-0.2, 0) is 15.0 Å². The van der Waals surface area contributed by atoms with Crippen molar-refractivity contribution in [3.05, 3.63) is 58.1 Å². The van der Waals surface area contributed by atoms with Crippen LogP contribution in [0.3, 0.4) is 0 Å². The van der Waals surface area contributed by atoms with E-state index in [1.165, 1.54) is 0 Å². The van der Waals surface area contributed by atoms with Crippen LogP contribution in [0.25, 0.3) is 0 Å². The van der Waals surface area contributed by atoms with Gasteiger partial charge in [0.2, 0.25) is 5.91 Å². The maximum atomic E-state index is 12.3. The van der Waals surface area contributed by atoms with E-state index >= 15 is 0 Å². The molecule has 32 heavy (non-hydrogen) atoms. The Kier molecular flexibility index (Phi) is 8.83. The first-order chi connectivity index (χ1) is 15.0. The molecule has 0 fully saturated rings. The second kappa shape index (κ2) is 11.1. The summed E-state index contributed by atoms with van der Waals surface area (Å²) in [6.07, 6.45) is 0.424. The lowest BCUT2D eigenvalue weighted by atomic mass is 9.86. The Hall–Kier alpha value is -2.87. The van der Waals surface area contributed by atoms with Crippen LogP contribution in [-0.4, -0.2) is 24.3 Å². The van der Waals surface area contributed by atoms with Crippen molar-refractivity contribution < 1.29 is 19.1 Å². The third-order valence-corrected chi connectivity index (χ3v) is 4.94. The molecule has 0 saturated carbocycles. The van der Waals surface area contributed by atoms with E-state index in [-0.39, 0.29) is 23.8 Å². The van der Waals surface area contributed by atoms with Crippen molar-refractivity contribution in [1.29, 1.82) is 0 Å². The van der Waals surface area contributed by atoms with Gasteiger partial charge in [-0.3, -0.25) is 25.2 Å². The maximum absolute atomic E-state index is 12.3. The van der Waals surface area contributed by atoms with E-state index < -0.39 is 11.8 Å². The topological polar surface area (TPSA) is 96.5 Å². The molecule has 0 bridgehead atoms. The first-order valence-corrected chi connectivity index (χ1v) is 11.2. The van der Waals surface area contributed by atoms with Crippen LogP contribution in [0, 0.1) is 5.92 Å². The van der Waals surface area contributed by atoms with Crippen molar-refractivity contribution in [2.24, 2.45) is 5.92 Å². The van der Waals surface area contributed by atoms with Gasteiger partial charge in [0.25, 0.3) is 11.8 Å².